The first-order valence-corrected chi connectivity index (χ1v) is 8.71. The topological polar surface area (TPSA) is 118 Å². The number of rotatable bonds is 6. The fourth-order valence-corrected chi connectivity index (χ4v) is 2.45. The van der Waals surface area contributed by atoms with Crippen molar-refractivity contribution in [3.8, 4) is 11.8 Å². The van der Waals surface area contributed by atoms with E-state index in [1.54, 1.807) is 12.1 Å². The van der Waals surface area contributed by atoms with E-state index in [9.17, 15) is 14.7 Å². The van der Waals surface area contributed by atoms with Crippen molar-refractivity contribution >= 4 is 29.4 Å². The molecule has 8 heteroatoms. The number of nitrogens with zero attached hydrogens (tertiary/aromatic N) is 3. The molecule has 0 aliphatic rings. The maximum absolute atomic E-state index is 11.8. The molecule has 0 saturated carbocycles. The van der Waals surface area contributed by atoms with Crippen LogP contribution in [0.2, 0.25) is 0 Å². The van der Waals surface area contributed by atoms with Crippen molar-refractivity contribution in [1.29, 1.82) is 5.26 Å². The largest absolute Gasteiger partial charge is 0.507 e. The molecule has 0 bridgehead atoms. The van der Waals surface area contributed by atoms with Crippen LogP contribution in [-0.4, -0.2) is 36.2 Å². The van der Waals surface area contributed by atoms with Crippen LogP contribution in [0.1, 0.15) is 25.0 Å². The van der Waals surface area contributed by atoms with E-state index in [2.05, 4.69) is 20.7 Å². The number of hydrazone groups is 1. The lowest BCUT2D eigenvalue weighted by Gasteiger charge is -2.21. The molecule has 0 aliphatic carbocycles. The highest BCUT2D eigenvalue weighted by molar-refractivity contribution is 6.39. The van der Waals surface area contributed by atoms with Crippen molar-refractivity contribution in [2.75, 3.05) is 23.3 Å². The third-order valence-corrected chi connectivity index (χ3v) is 3.99. The predicted octanol–water partition coefficient (Wildman–Crippen LogP) is 2.20. The van der Waals surface area contributed by atoms with Gasteiger partial charge in [0.25, 0.3) is 0 Å². The minimum Gasteiger partial charge on any atom is -0.507 e. The summed E-state index contributed by atoms with van der Waals surface area (Å²) in [6.07, 6.45) is 1.26. The van der Waals surface area contributed by atoms with Gasteiger partial charge in [0.2, 0.25) is 0 Å². The van der Waals surface area contributed by atoms with E-state index in [0.29, 0.717) is 16.8 Å². The quantitative estimate of drug-likeness (QED) is 0.404. The predicted molar refractivity (Wildman–Crippen MR) is 107 cm³/mol. The van der Waals surface area contributed by atoms with Crippen LogP contribution in [0.3, 0.4) is 0 Å². The van der Waals surface area contributed by atoms with Crippen LogP contribution < -0.4 is 15.6 Å². The Bertz CT molecular complexity index is 912. The molecule has 0 saturated heterocycles. The Labute approximate surface area is 163 Å². The highest BCUT2D eigenvalue weighted by Gasteiger charge is 2.13. The van der Waals surface area contributed by atoms with Gasteiger partial charge in [-0.25, -0.2) is 5.43 Å². The third-order valence-electron chi connectivity index (χ3n) is 3.99. The molecule has 28 heavy (non-hydrogen) atoms. The minimum absolute atomic E-state index is 0.0180. The molecule has 3 N–H and O–H groups in total. The van der Waals surface area contributed by atoms with Crippen molar-refractivity contribution in [2.45, 2.75) is 13.8 Å². The van der Waals surface area contributed by atoms with Crippen molar-refractivity contribution in [2.24, 2.45) is 5.10 Å². The average Bonchev–Trinajstić information content (AvgIpc) is 2.71. The summed E-state index contributed by atoms with van der Waals surface area (Å²) >= 11 is 0. The summed E-state index contributed by atoms with van der Waals surface area (Å²) in [5, 5.41) is 25.0. The maximum atomic E-state index is 11.8. The normalized spacial score (nSPS) is 10.3. The van der Waals surface area contributed by atoms with E-state index in [-0.39, 0.29) is 5.75 Å². The maximum Gasteiger partial charge on any atom is 0.329 e. The van der Waals surface area contributed by atoms with E-state index in [0.717, 1.165) is 18.8 Å². The Morgan fingerprint density at radius 3 is 2.39 bits per heavy atom. The summed E-state index contributed by atoms with van der Waals surface area (Å²) in [4.78, 5) is 25.7. The highest BCUT2D eigenvalue weighted by atomic mass is 16.3. The molecule has 8 nitrogen and oxygen atoms in total. The number of nitriles is 1. The first-order valence-electron chi connectivity index (χ1n) is 8.71. The molecular weight excluding hydrogens is 358 g/mol. The van der Waals surface area contributed by atoms with E-state index in [1.165, 1.54) is 30.5 Å². The number of benzene rings is 2. The third kappa shape index (κ3) is 5.32. The number of hydrogen-bond donors (Lipinski definition) is 3. The van der Waals surface area contributed by atoms with Gasteiger partial charge in [0, 0.05) is 36.1 Å². The number of nitrogens with one attached hydrogen (secondary N) is 2. The van der Waals surface area contributed by atoms with Crippen molar-refractivity contribution in [3.63, 3.8) is 0 Å². The van der Waals surface area contributed by atoms with Crippen molar-refractivity contribution in [1.82, 2.24) is 5.43 Å². The Balaban J connectivity index is 1.95. The van der Waals surface area contributed by atoms with Gasteiger partial charge in [-0.2, -0.15) is 10.4 Å². The van der Waals surface area contributed by atoms with Crippen molar-refractivity contribution < 1.29 is 14.7 Å². The summed E-state index contributed by atoms with van der Waals surface area (Å²) in [7, 11) is 0. The average molecular weight is 379 g/mol. The van der Waals surface area contributed by atoms with Gasteiger partial charge in [-0.1, -0.05) is 0 Å². The van der Waals surface area contributed by atoms with E-state index in [1.807, 2.05) is 26.0 Å². The molecule has 2 rings (SSSR count). The summed E-state index contributed by atoms with van der Waals surface area (Å²) in [5.41, 5.74) is 4.22. The zero-order chi connectivity index (χ0) is 20.5. The number of carbonyl (C=O) groups excluding carboxylic acids is 2. The van der Waals surface area contributed by atoms with Crippen molar-refractivity contribution in [3.05, 3.63) is 53.6 Å². The van der Waals surface area contributed by atoms with Crippen LogP contribution in [0.4, 0.5) is 11.4 Å². The van der Waals surface area contributed by atoms with Gasteiger partial charge in [0.1, 0.15) is 5.75 Å². The summed E-state index contributed by atoms with van der Waals surface area (Å²) in [6, 6.07) is 13.2. The van der Waals surface area contributed by atoms with Crippen LogP contribution in [0.25, 0.3) is 0 Å². The lowest BCUT2D eigenvalue weighted by atomic mass is 10.2. The van der Waals surface area contributed by atoms with Gasteiger partial charge >= 0.3 is 11.8 Å². The van der Waals surface area contributed by atoms with Crippen LogP contribution in [0.15, 0.2) is 47.6 Å². The standard InChI is InChI=1S/C20H21N5O3/c1-3-25(4-2)17-10-7-15(18(26)11-17)13-22-24-20(28)19(27)23-16-8-5-14(12-21)6-9-16/h5-11,13,26H,3-4H2,1-2H3,(H,23,27)(H,24,28). The molecule has 0 atom stereocenters. The number of phenols is 1. The van der Waals surface area contributed by atoms with Crippen LogP contribution >= 0.6 is 0 Å². The van der Waals surface area contributed by atoms with Crippen LogP contribution in [0.5, 0.6) is 5.75 Å². The van der Waals surface area contributed by atoms with Gasteiger partial charge in [-0.05, 0) is 50.2 Å². The lowest BCUT2D eigenvalue weighted by Crippen LogP contribution is -2.32. The van der Waals surface area contributed by atoms with Crippen LogP contribution in [-0.2, 0) is 9.59 Å². The second kappa shape index (κ2) is 9.73. The Kier molecular flexibility index (Phi) is 7.11. The second-order valence-electron chi connectivity index (χ2n) is 5.76. The Morgan fingerprint density at radius 1 is 1.14 bits per heavy atom. The number of hydrogen-bond acceptors (Lipinski definition) is 6. The zero-order valence-electron chi connectivity index (χ0n) is 15.6. The zero-order valence-corrected chi connectivity index (χ0v) is 15.6. The summed E-state index contributed by atoms with van der Waals surface area (Å²) < 4.78 is 0. The van der Waals surface area contributed by atoms with Gasteiger partial charge in [-0.3, -0.25) is 9.59 Å². The van der Waals surface area contributed by atoms with Gasteiger partial charge < -0.3 is 15.3 Å². The monoisotopic (exact) mass is 379 g/mol. The van der Waals surface area contributed by atoms with E-state index >= 15 is 0 Å². The molecule has 2 aromatic rings. The number of amides is 2. The Hall–Kier alpha value is -3.86. The van der Waals surface area contributed by atoms with Gasteiger partial charge in [0.15, 0.2) is 0 Å². The van der Waals surface area contributed by atoms with E-state index in [4.69, 9.17) is 5.26 Å². The molecule has 0 spiro atoms. The van der Waals surface area contributed by atoms with Gasteiger partial charge in [0.05, 0.1) is 17.8 Å². The highest BCUT2D eigenvalue weighted by Crippen LogP contribution is 2.23. The number of aromatic hydroxyl groups is 1. The molecule has 0 aliphatic heterocycles. The fraction of sp³-hybridized carbons (Fsp3) is 0.200. The smallest absolute Gasteiger partial charge is 0.329 e. The molecule has 0 fully saturated rings. The van der Waals surface area contributed by atoms with E-state index < -0.39 is 11.8 Å². The lowest BCUT2D eigenvalue weighted by molar-refractivity contribution is -0.136. The summed E-state index contributed by atoms with van der Waals surface area (Å²) in [5.74, 6) is -1.84. The molecule has 0 aromatic heterocycles. The van der Waals surface area contributed by atoms with Crippen LogP contribution in [0, 0.1) is 11.3 Å². The Morgan fingerprint density at radius 2 is 1.82 bits per heavy atom. The molecule has 0 radical (unpaired) electrons. The number of carbonyl (C=O) groups is 2. The molecule has 0 heterocycles. The van der Waals surface area contributed by atoms with Gasteiger partial charge in [-0.15, -0.1) is 0 Å². The molecule has 144 valence electrons. The molecule has 0 unspecified atom stereocenters. The SMILES string of the molecule is CCN(CC)c1ccc(C=NNC(=O)C(=O)Nc2ccc(C#N)cc2)c(O)c1. The fourth-order valence-electron chi connectivity index (χ4n) is 2.45. The molecule has 2 amide bonds. The first-order chi connectivity index (χ1) is 13.5. The molecular formula is C20H21N5O3. The number of phenolic OH excluding ortho intramolecular Hbond substituents is 1. The summed E-state index contributed by atoms with van der Waals surface area (Å²) in [6.45, 7) is 5.67. The second-order valence-corrected chi connectivity index (χ2v) is 5.76. The molecule has 2 aromatic carbocycles. The minimum atomic E-state index is -0.958. The first kappa shape index (κ1) is 20.5. The number of anilines is 2.